The molecule has 4 unspecified atom stereocenters. The van der Waals surface area contributed by atoms with E-state index in [0.29, 0.717) is 28.0 Å². The molecule has 6 rings (SSSR count). The number of aliphatic hydroxyl groups excluding tert-OH is 1. The number of hydrogen-bond acceptors (Lipinski definition) is 8. The first-order chi connectivity index (χ1) is 17.5. The van der Waals surface area contributed by atoms with Gasteiger partial charge in [-0.2, -0.15) is 0 Å². The number of nitrogens with zero attached hydrogens (tertiary/aromatic N) is 4. The molecule has 4 aliphatic rings. The average molecular weight is 534 g/mol. The third-order valence-electron chi connectivity index (χ3n) is 8.45. The van der Waals surface area contributed by atoms with E-state index in [2.05, 4.69) is 37.8 Å². The Bertz CT molecular complexity index is 1050. The van der Waals surface area contributed by atoms with Crippen molar-refractivity contribution in [1.82, 2.24) is 25.7 Å². The lowest BCUT2D eigenvalue weighted by molar-refractivity contribution is -0.0370. The third-order valence-corrected chi connectivity index (χ3v) is 9.05. The zero-order valence-electron chi connectivity index (χ0n) is 20.5. The average Bonchev–Trinajstić information content (AvgIpc) is 3.45. The van der Waals surface area contributed by atoms with Crippen molar-refractivity contribution < 1.29 is 9.84 Å². The van der Waals surface area contributed by atoms with Crippen molar-refractivity contribution in [3.8, 4) is 0 Å². The van der Waals surface area contributed by atoms with Gasteiger partial charge in [0.15, 0.2) is 0 Å². The fourth-order valence-corrected chi connectivity index (χ4v) is 7.30. The number of pyridine rings is 2. The molecular weight excluding hydrogens is 499 g/mol. The van der Waals surface area contributed by atoms with Gasteiger partial charge in [-0.15, -0.1) is 0 Å². The number of piperazine rings is 1. The van der Waals surface area contributed by atoms with Crippen LogP contribution in [0.1, 0.15) is 55.9 Å². The number of hydrogen-bond donors (Lipinski definition) is 3. The van der Waals surface area contributed by atoms with Crippen LogP contribution in [-0.2, 0) is 4.74 Å². The Morgan fingerprint density at radius 1 is 1.06 bits per heavy atom. The van der Waals surface area contributed by atoms with E-state index in [1.54, 1.807) is 12.4 Å². The number of aromatic nitrogens is 2. The quantitative estimate of drug-likeness (QED) is 0.539. The molecule has 3 aliphatic heterocycles. The van der Waals surface area contributed by atoms with Crippen LogP contribution >= 0.6 is 23.2 Å². The summed E-state index contributed by atoms with van der Waals surface area (Å²) in [6.45, 7) is 5.68. The Morgan fingerprint density at radius 2 is 1.89 bits per heavy atom. The first-order valence-electron chi connectivity index (χ1n) is 13.0. The van der Waals surface area contributed by atoms with Gasteiger partial charge in [-0.25, -0.2) is 10.4 Å². The molecule has 2 aromatic heterocycles. The Labute approximate surface area is 222 Å². The van der Waals surface area contributed by atoms with Gasteiger partial charge in [-0.05, 0) is 50.2 Å². The van der Waals surface area contributed by atoms with Crippen LogP contribution in [0, 0.1) is 5.92 Å². The fraction of sp³-hybridized carbons (Fsp3) is 0.615. The highest BCUT2D eigenvalue weighted by Gasteiger charge is 2.42. The van der Waals surface area contributed by atoms with Crippen LogP contribution in [0.2, 0.25) is 10.0 Å². The predicted molar refractivity (Wildman–Crippen MR) is 140 cm³/mol. The number of ether oxygens (including phenoxy) is 1. The molecule has 8 nitrogen and oxygen atoms in total. The molecule has 194 valence electrons. The van der Waals surface area contributed by atoms with Crippen LogP contribution in [0.5, 0.6) is 0 Å². The minimum Gasteiger partial charge on any atom is -0.392 e. The van der Waals surface area contributed by atoms with Crippen molar-refractivity contribution in [2.45, 2.75) is 69.0 Å². The standard InChI is InChI=1S/C26H34Cl2N6O2/c1-15(25-21(27)11-29-12-22(25)28)36-19-3-4-23-20(9-19)26(32-31-23)16-2-5-24(30-10-16)34-7-6-33-14-18(35)8-17(33)13-34/h2,5,10-12,15,17-20,23,26,31-32,35H,3-4,6-9,13-14H2,1H3/t15-,17+,18-,19?,20?,23?,26?/m1/s1. The van der Waals surface area contributed by atoms with Crippen molar-refractivity contribution in [2.24, 2.45) is 5.92 Å². The van der Waals surface area contributed by atoms with Crippen LogP contribution in [-0.4, -0.2) is 70.4 Å². The van der Waals surface area contributed by atoms with Gasteiger partial charge in [-0.1, -0.05) is 29.3 Å². The maximum atomic E-state index is 10.0. The van der Waals surface area contributed by atoms with Crippen molar-refractivity contribution in [1.29, 1.82) is 0 Å². The molecule has 1 saturated carbocycles. The van der Waals surface area contributed by atoms with Gasteiger partial charge in [-0.3, -0.25) is 15.3 Å². The molecule has 7 atom stereocenters. The lowest BCUT2D eigenvalue weighted by Crippen LogP contribution is -2.50. The molecule has 3 saturated heterocycles. The molecule has 4 fully saturated rings. The minimum absolute atomic E-state index is 0.135. The molecule has 10 heteroatoms. The lowest BCUT2D eigenvalue weighted by atomic mass is 9.78. The zero-order valence-corrected chi connectivity index (χ0v) is 22.0. The maximum absolute atomic E-state index is 10.0. The molecule has 5 heterocycles. The van der Waals surface area contributed by atoms with E-state index in [-0.39, 0.29) is 24.4 Å². The van der Waals surface area contributed by atoms with Gasteiger partial charge in [0.2, 0.25) is 0 Å². The van der Waals surface area contributed by atoms with Gasteiger partial charge in [0, 0.05) is 62.4 Å². The largest absolute Gasteiger partial charge is 0.392 e. The van der Waals surface area contributed by atoms with Crippen LogP contribution in [0.4, 0.5) is 5.82 Å². The summed E-state index contributed by atoms with van der Waals surface area (Å²) in [4.78, 5) is 13.7. The number of fused-ring (bicyclic) bond motifs is 2. The summed E-state index contributed by atoms with van der Waals surface area (Å²) in [7, 11) is 0. The van der Waals surface area contributed by atoms with E-state index in [1.165, 1.54) is 5.56 Å². The Hall–Kier alpha value is -1.52. The zero-order chi connectivity index (χ0) is 24.8. The van der Waals surface area contributed by atoms with E-state index >= 15 is 0 Å². The van der Waals surface area contributed by atoms with Crippen LogP contribution in [0.15, 0.2) is 30.7 Å². The van der Waals surface area contributed by atoms with Crippen LogP contribution < -0.4 is 15.8 Å². The smallest absolute Gasteiger partial charge is 0.128 e. The fourth-order valence-electron chi connectivity index (χ4n) is 6.63. The van der Waals surface area contributed by atoms with E-state index in [0.717, 1.165) is 63.2 Å². The SMILES string of the molecule is C[C@@H](OC1CCC2NNC(c3ccc(N4CCN5C[C@H](O)C[C@H]5C4)nc3)C2C1)c1c(Cl)cncc1Cl. The summed E-state index contributed by atoms with van der Waals surface area (Å²) >= 11 is 12.7. The van der Waals surface area contributed by atoms with Gasteiger partial charge in [0.1, 0.15) is 5.82 Å². The van der Waals surface area contributed by atoms with Crippen molar-refractivity contribution >= 4 is 29.0 Å². The molecule has 36 heavy (non-hydrogen) atoms. The second kappa shape index (κ2) is 10.3. The van der Waals surface area contributed by atoms with Gasteiger partial charge < -0.3 is 14.7 Å². The van der Waals surface area contributed by atoms with Crippen molar-refractivity contribution in [3.63, 3.8) is 0 Å². The molecule has 0 radical (unpaired) electrons. The van der Waals surface area contributed by atoms with E-state index in [1.807, 2.05) is 13.1 Å². The van der Waals surface area contributed by atoms with Crippen molar-refractivity contribution in [3.05, 3.63) is 51.9 Å². The van der Waals surface area contributed by atoms with E-state index in [4.69, 9.17) is 32.9 Å². The molecule has 0 amide bonds. The summed E-state index contributed by atoms with van der Waals surface area (Å²) in [5.74, 6) is 1.43. The second-order valence-electron chi connectivity index (χ2n) is 10.7. The number of halogens is 2. The summed E-state index contributed by atoms with van der Waals surface area (Å²) < 4.78 is 6.48. The number of rotatable bonds is 5. The molecule has 3 N–H and O–H groups in total. The number of anilines is 1. The number of aliphatic hydroxyl groups is 1. The molecule has 0 spiro atoms. The summed E-state index contributed by atoms with van der Waals surface area (Å²) in [6, 6.07) is 5.39. The molecular formula is C26H34Cl2N6O2. The van der Waals surface area contributed by atoms with Crippen molar-refractivity contribution in [2.75, 3.05) is 31.1 Å². The molecule has 1 aliphatic carbocycles. The monoisotopic (exact) mass is 532 g/mol. The highest BCUT2D eigenvalue weighted by atomic mass is 35.5. The number of nitrogens with one attached hydrogen (secondary N) is 2. The van der Waals surface area contributed by atoms with Gasteiger partial charge >= 0.3 is 0 Å². The summed E-state index contributed by atoms with van der Waals surface area (Å²) in [6.07, 6.45) is 8.86. The lowest BCUT2D eigenvalue weighted by Gasteiger charge is -2.38. The normalized spacial score (nSPS) is 33.4. The Morgan fingerprint density at radius 3 is 2.67 bits per heavy atom. The highest BCUT2D eigenvalue weighted by molar-refractivity contribution is 6.35. The minimum atomic E-state index is -0.197. The summed E-state index contributed by atoms with van der Waals surface area (Å²) in [5, 5.41) is 11.1. The Balaban J connectivity index is 1.10. The summed E-state index contributed by atoms with van der Waals surface area (Å²) in [5.41, 5.74) is 9.05. The van der Waals surface area contributed by atoms with Gasteiger partial charge in [0.05, 0.1) is 34.4 Å². The number of hydrazine groups is 1. The molecule has 0 bridgehead atoms. The molecule has 2 aromatic rings. The highest BCUT2D eigenvalue weighted by Crippen LogP contribution is 2.41. The van der Waals surface area contributed by atoms with E-state index < -0.39 is 0 Å². The second-order valence-corrected chi connectivity index (χ2v) is 11.5. The first kappa shape index (κ1) is 24.8. The first-order valence-corrected chi connectivity index (χ1v) is 13.8. The predicted octanol–water partition coefficient (Wildman–Crippen LogP) is 3.50. The topological polar surface area (TPSA) is 85.8 Å². The third kappa shape index (κ3) is 4.85. The van der Waals surface area contributed by atoms with Crippen LogP contribution in [0.3, 0.4) is 0 Å². The van der Waals surface area contributed by atoms with E-state index in [9.17, 15) is 5.11 Å². The van der Waals surface area contributed by atoms with Gasteiger partial charge in [0.25, 0.3) is 0 Å². The maximum Gasteiger partial charge on any atom is 0.128 e. The molecule has 0 aromatic carbocycles. The Kier molecular flexibility index (Phi) is 7.11. The van der Waals surface area contributed by atoms with Crippen LogP contribution in [0.25, 0.3) is 0 Å².